The number of carbonyl (C=O) groups excluding carboxylic acids is 3. The lowest BCUT2D eigenvalue weighted by Crippen LogP contribution is -2.29. The summed E-state index contributed by atoms with van der Waals surface area (Å²) in [4.78, 5) is 70.5. The van der Waals surface area contributed by atoms with Crippen LogP contribution in [0.4, 0.5) is 5.13 Å². The minimum absolute atomic E-state index is 0.0430. The van der Waals surface area contributed by atoms with E-state index < -0.39 is 73.7 Å². The van der Waals surface area contributed by atoms with Gasteiger partial charge in [-0.3, -0.25) is 19.0 Å². The molecule has 0 saturated heterocycles. The molecule has 0 aromatic carbocycles. The second-order valence-corrected chi connectivity index (χ2v) is 29.3. The number of nitrogens with one attached hydrogen (secondary N) is 1. The van der Waals surface area contributed by atoms with Crippen LogP contribution in [0.3, 0.4) is 0 Å². The third-order valence-electron chi connectivity index (χ3n) is 9.84. The van der Waals surface area contributed by atoms with E-state index in [1.807, 2.05) is 0 Å². The first-order chi connectivity index (χ1) is 38.4. The number of hydrogen-bond acceptors (Lipinski definition) is 22. The third kappa shape index (κ3) is 20.6. The summed E-state index contributed by atoms with van der Waals surface area (Å²) < 4.78 is 103. The Morgan fingerprint density at radius 2 is 1.10 bits per heavy atom. The molecule has 7 heterocycles. The summed E-state index contributed by atoms with van der Waals surface area (Å²) in [5.74, 6) is -2.60. The molecule has 25 nitrogen and oxygen atoms in total. The molecule has 0 fully saturated rings. The molecule has 38 heteroatoms. The van der Waals surface area contributed by atoms with Crippen molar-refractivity contribution in [3.05, 3.63) is 152 Å². The minimum Gasteiger partial charge on any atom is -0.465 e. The van der Waals surface area contributed by atoms with Crippen LogP contribution in [-0.2, 0) is 44.8 Å². The minimum atomic E-state index is -4.03. The van der Waals surface area contributed by atoms with E-state index >= 15 is 0 Å². The molecule has 0 radical (unpaired) electrons. The largest absolute Gasteiger partial charge is 0.465 e. The van der Waals surface area contributed by atoms with E-state index in [1.165, 1.54) is 145 Å². The Hall–Kier alpha value is -4.91. The number of carbonyl (C=O) groups is 3. The normalized spacial score (nSPS) is 11.8. The molecule has 7 rings (SSSR count). The molecule has 0 aliphatic heterocycles. The Kier molecular flexibility index (Phi) is 27.4. The van der Waals surface area contributed by atoms with Crippen LogP contribution in [0.2, 0.25) is 36.1 Å². The van der Waals surface area contributed by atoms with E-state index in [1.54, 1.807) is 23.2 Å². The maximum absolute atomic E-state index is 12.7. The van der Waals surface area contributed by atoms with Gasteiger partial charge in [0.2, 0.25) is 51.3 Å². The smallest absolute Gasteiger partial charge is 0.341 e. The number of ketones is 2. The molecule has 0 amide bonds. The van der Waals surface area contributed by atoms with Crippen molar-refractivity contribution in [2.75, 3.05) is 80.8 Å². The summed E-state index contributed by atoms with van der Waals surface area (Å²) in [6.07, 6.45) is 6.61. The molecule has 83 heavy (non-hydrogen) atoms. The predicted molar refractivity (Wildman–Crippen MR) is 324 cm³/mol. The lowest BCUT2D eigenvalue weighted by atomic mass is 10.2. The van der Waals surface area contributed by atoms with Crippen LogP contribution in [0.1, 0.15) is 31.1 Å². The van der Waals surface area contributed by atoms with Crippen LogP contribution in [0.25, 0.3) is 16.2 Å². The molecular weight excluding hydrogens is 1360 g/mol. The monoisotopic (exact) mass is 1400 g/mol. The number of rotatable bonds is 15. The van der Waals surface area contributed by atoms with Gasteiger partial charge in [0, 0.05) is 91.9 Å². The first-order valence-corrected chi connectivity index (χ1v) is 32.9. The van der Waals surface area contributed by atoms with E-state index in [2.05, 4.69) is 40.0 Å². The summed E-state index contributed by atoms with van der Waals surface area (Å²) in [7, 11) is -2.11. The Bertz CT molecular complexity index is 4030. The van der Waals surface area contributed by atoms with Gasteiger partial charge < -0.3 is 10.1 Å². The fraction of sp³-hybridized carbons (Fsp3) is 0.244. The standard InChI is InChI=1S/C13H12Cl2N4O3S2.C13H11ClN4O3S2.C9H10Cl2N2O3S.C7H5Cl2NO2.C3H9NO2S/c1-19(2)24(21,22)9(7-17-13-16-5-6-23-13)11(20)8-3-4-10(14)18-12(8)15;1-17(2)23(20,21)9-7-18(13-15-5-6-22-13)12-8(11(9)19)3-4-10(14)16-12;1-13(2)17(15,16)5-7(14)6-3-4-8(10)12-9(6)11;1-12-7(11)4-2-3-5(8)10-6(4)9;1-4(2)7(3,5)6/h3-7H,1-2H3,(H,16,17);3-7H,1-2H3;3-4H,5H2,1-2H3;2-3H,1H3;1-3H3. The highest BCUT2D eigenvalue weighted by molar-refractivity contribution is 7.94. The summed E-state index contributed by atoms with van der Waals surface area (Å²) in [5.41, 5.74) is -0.176. The van der Waals surface area contributed by atoms with Crippen molar-refractivity contribution >= 4 is 178 Å². The van der Waals surface area contributed by atoms with Crippen LogP contribution >= 0.6 is 104 Å². The Morgan fingerprint density at radius 1 is 0.627 bits per heavy atom. The third-order valence-corrected chi connectivity index (χ3v) is 19.7. The van der Waals surface area contributed by atoms with Gasteiger partial charge in [0.05, 0.1) is 35.4 Å². The van der Waals surface area contributed by atoms with Crippen molar-refractivity contribution in [2.45, 2.75) is 4.90 Å². The number of pyridine rings is 5. The molecule has 0 aliphatic carbocycles. The van der Waals surface area contributed by atoms with Crippen molar-refractivity contribution in [1.29, 1.82) is 0 Å². The van der Waals surface area contributed by atoms with Gasteiger partial charge >= 0.3 is 5.97 Å². The van der Waals surface area contributed by atoms with Crippen LogP contribution in [-0.4, -0.2) is 178 Å². The Labute approximate surface area is 520 Å². The number of anilines is 1. The van der Waals surface area contributed by atoms with Gasteiger partial charge in [-0.15, -0.1) is 22.7 Å². The number of hydrogen-bond donors (Lipinski definition) is 1. The predicted octanol–water partition coefficient (Wildman–Crippen LogP) is 7.76. The fourth-order valence-electron chi connectivity index (χ4n) is 5.27. The average molecular weight is 1400 g/mol. The molecule has 0 atom stereocenters. The van der Waals surface area contributed by atoms with Crippen LogP contribution in [0, 0.1) is 0 Å². The van der Waals surface area contributed by atoms with Gasteiger partial charge in [-0.1, -0.05) is 81.2 Å². The lowest BCUT2D eigenvalue weighted by Gasteiger charge is -2.14. The first-order valence-electron chi connectivity index (χ1n) is 22.1. The quantitative estimate of drug-likeness (QED) is 0.0443. The number of Topliss-reactive ketones (excluding diaryl/α,β-unsaturated/α-hetero) is 2. The van der Waals surface area contributed by atoms with Crippen LogP contribution < -0.4 is 10.7 Å². The van der Waals surface area contributed by atoms with Crippen molar-refractivity contribution in [3.8, 4) is 5.13 Å². The first kappa shape index (κ1) is 72.3. The fourth-order valence-corrected chi connectivity index (χ4v) is 10.5. The number of halogens is 7. The van der Waals surface area contributed by atoms with E-state index in [0.29, 0.717) is 10.3 Å². The average Bonchev–Trinajstić information content (AvgIpc) is 4.26. The zero-order chi connectivity index (χ0) is 63.1. The molecule has 1 N–H and O–H groups in total. The number of allylic oxidation sites excluding steroid dienone is 1. The molecule has 7 aromatic heterocycles. The number of aromatic nitrogens is 7. The number of methoxy groups -OCH3 is 1. The molecule has 0 bridgehead atoms. The van der Waals surface area contributed by atoms with Gasteiger partial charge in [-0.05, 0) is 48.5 Å². The number of sulfonamides is 4. The second-order valence-electron chi connectivity index (χ2n) is 16.3. The van der Waals surface area contributed by atoms with E-state index in [4.69, 9.17) is 81.2 Å². The highest BCUT2D eigenvalue weighted by atomic mass is 35.5. The van der Waals surface area contributed by atoms with Gasteiger partial charge in [-0.2, -0.15) is 0 Å². The zero-order valence-electron chi connectivity index (χ0n) is 44.6. The van der Waals surface area contributed by atoms with Crippen LogP contribution in [0.5, 0.6) is 0 Å². The van der Waals surface area contributed by atoms with Gasteiger partial charge in [0.25, 0.3) is 0 Å². The van der Waals surface area contributed by atoms with E-state index in [9.17, 15) is 52.8 Å². The number of nitrogens with zero attached hydrogens (tertiary/aromatic N) is 11. The zero-order valence-corrected chi connectivity index (χ0v) is 54.8. The maximum Gasteiger partial charge on any atom is 0.341 e. The Balaban J connectivity index is 0.000000286. The van der Waals surface area contributed by atoms with E-state index in [-0.39, 0.29) is 68.7 Å². The van der Waals surface area contributed by atoms with E-state index in [0.717, 1.165) is 29.7 Å². The molecular formula is C45H47Cl7N12O13S6. The summed E-state index contributed by atoms with van der Waals surface area (Å²) in [6, 6.07) is 11.3. The number of esters is 1. The summed E-state index contributed by atoms with van der Waals surface area (Å²) in [6.45, 7) is 0. The molecule has 0 unspecified atom stereocenters. The Morgan fingerprint density at radius 3 is 1.52 bits per heavy atom. The SMILES string of the molecule is CN(C)S(=O)(=O)C(=CNc1nccs1)C(=O)c1ccc(Cl)nc1Cl.CN(C)S(=O)(=O)CC(=O)c1ccc(Cl)nc1Cl.CN(C)S(=O)(=O)c1cn(-c2nccs2)c2nc(Cl)ccc2c1=O.CN(C)S(C)(=O)=O.COC(=O)c1ccc(Cl)nc1Cl. The van der Waals surface area contributed by atoms with Crippen molar-refractivity contribution < 1.29 is 52.8 Å². The lowest BCUT2D eigenvalue weighted by molar-refractivity contribution is 0.0600. The molecule has 450 valence electrons. The van der Waals surface area contributed by atoms with Crippen molar-refractivity contribution in [1.82, 2.24) is 51.7 Å². The summed E-state index contributed by atoms with van der Waals surface area (Å²) >= 11 is 42.5. The number of fused-ring (bicyclic) bond motifs is 1. The van der Waals surface area contributed by atoms with Gasteiger partial charge in [0.15, 0.2) is 21.7 Å². The van der Waals surface area contributed by atoms with Gasteiger partial charge in [-0.25, -0.2) is 85.6 Å². The number of ether oxygens (including phenoxy) is 1. The van der Waals surface area contributed by atoms with Crippen LogP contribution in [0.15, 0.2) is 98.7 Å². The van der Waals surface area contributed by atoms with Gasteiger partial charge in [0.1, 0.15) is 51.6 Å². The van der Waals surface area contributed by atoms with Crippen molar-refractivity contribution in [2.24, 2.45) is 0 Å². The number of thiazole rings is 2. The molecule has 7 aromatic rings. The highest BCUT2D eigenvalue weighted by Gasteiger charge is 2.31. The second kappa shape index (κ2) is 31.5. The molecule has 0 aliphatic rings. The van der Waals surface area contributed by atoms with Crippen molar-refractivity contribution in [3.63, 3.8) is 0 Å². The summed E-state index contributed by atoms with van der Waals surface area (Å²) in [5, 5.41) is 7.68. The topological polar surface area (TPSA) is 321 Å². The highest BCUT2D eigenvalue weighted by Crippen LogP contribution is 2.26. The molecule has 0 saturated carbocycles. The molecule has 0 spiro atoms. The maximum atomic E-state index is 12.7.